The van der Waals surface area contributed by atoms with Gasteiger partial charge < -0.3 is 15.2 Å². The van der Waals surface area contributed by atoms with Crippen LogP contribution < -0.4 is 10.2 Å². The van der Waals surface area contributed by atoms with Gasteiger partial charge in [-0.1, -0.05) is 0 Å². The lowest BCUT2D eigenvalue weighted by Crippen LogP contribution is -2.51. The highest BCUT2D eigenvalue weighted by atomic mass is 15.3. The molecule has 2 bridgehead atoms. The molecule has 0 aliphatic carbocycles. The van der Waals surface area contributed by atoms with E-state index in [1.807, 2.05) is 6.20 Å². The Kier molecular flexibility index (Phi) is 2.11. The molecule has 4 rings (SSSR count). The Bertz CT molecular complexity index is 578. The van der Waals surface area contributed by atoms with Crippen molar-refractivity contribution in [1.29, 1.82) is 0 Å². The maximum absolute atomic E-state index is 4.53. The fourth-order valence-electron chi connectivity index (χ4n) is 3.31. The van der Waals surface area contributed by atoms with E-state index in [1.54, 1.807) is 6.33 Å². The maximum atomic E-state index is 4.53. The summed E-state index contributed by atoms with van der Waals surface area (Å²) in [5.41, 5.74) is 2.18. The van der Waals surface area contributed by atoms with Gasteiger partial charge in [0.2, 0.25) is 0 Å². The number of piperazine rings is 1. The molecule has 0 saturated carbocycles. The molecule has 0 spiro atoms. The Morgan fingerprint density at radius 3 is 2.78 bits per heavy atom. The molecule has 0 amide bonds. The number of H-pyrrole nitrogens is 1. The number of hydrogen-bond donors (Lipinski definition) is 2. The van der Waals surface area contributed by atoms with Gasteiger partial charge in [-0.05, 0) is 25.3 Å². The van der Waals surface area contributed by atoms with Gasteiger partial charge >= 0.3 is 0 Å². The number of aromatic nitrogens is 3. The van der Waals surface area contributed by atoms with Crippen LogP contribution in [0.25, 0.3) is 11.0 Å². The smallest absolute Gasteiger partial charge is 0.143 e. The van der Waals surface area contributed by atoms with Gasteiger partial charge in [0.25, 0.3) is 0 Å². The summed E-state index contributed by atoms with van der Waals surface area (Å²) in [5, 5.41) is 4.83. The number of aryl methyl sites for hydroxylation is 1. The second-order valence-corrected chi connectivity index (χ2v) is 5.44. The lowest BCUT2D eigenvalue weighted by Gasteiger charge is -2.34. The maximum Gasteiger partial charge on any atom is 0.143 e. The third-order valence-corrected chi connectivity index (χ3v) is 4.16. The minimum absolute atomic E-state index is 0.632. The Balaban J connectivity index is 1.80. The van der Waals surface area contributed by atoms with Crippen LogP contribution in [-0.4, -0.2) is 40.1 Å². The van der Waals surface area contributed by atoms with Gasteiger partial charge in [-0.25, -0.2) is 9.97 Å². The summed E-state index contributed by atoms with van der Waals surface area (Å²) >= 11 is 0. The highest BCUT2D eigenvalue weighted by Gasteiger charge is 2.33. The molecule has 2 atom stereocenters. The van der Waals surface area contributed by atoms with Gasteiger partial charge in [0.15, 0.2) is 0 Å². The minimum atomic E-state index is 0.632. The first-order chi connectivity index (χ1) is 8.81. The lowest BCUT2D eigenvalue weighted by molar-refractivity contribution is 0.464. The summed E-state index contributed by atoms with van der Waals surface area (Å²) in [6.45, 7) is 4.24. The second-order valence-electron chi connectivity index (χ2n) is 5.44. The molecule has 2 aromatic rings. The zero-order chi connectivity index (χ0) is 12.1. The Hall–Kier alpha value is -1.62. The molecule has 2 unspecified atom stereocenters. The molecule has 4 heterocycles. The summed E-state index contributed by atoms with van der Waals surface area (Å²) in [5.74, 6) is 1.09. The van der Waals surface area contributed by atoms with Crippen LogP contribution >= 0.6 is 0 Å². The van der Waals surface area contributed by atoms with Crippen molar-refractivity contribution in [3.8, 4) is 0 Å². The van der Waals surface area contributed by atoms with Crippen LogP contribution in [0.2, 0.25) is 0 Å². The van der Waals surface area contributed by atoms with Crippen LogP contribution in [-0.2, 0) is 0 Å². The van der Waals surface area contributed by atoms with E-state index in [1.165, 1.54) is 23.8 Å². The van der Waals surface area contributed by atoms with E-state index in [4.69, 9.17) is 0 Å². The fraction of sp³-hybridized carbons (Fsp3) is 0.538. The van der Waals surface area contributed by atoms with Gasteiger partial charge in [0.05, 0.1) is 5.39 Å². The molecule has 5 nitrogen and oxygen atoms in total. The highest BCUT2D eigenvalue weighted by Crippen LogP contribution is 2.29. The van der Waals surface area contributed by atoms with E-state index in [2.05, 4.69) is 32.1 Å². The van der Waals surface area contributed by atoms with Crippen LogP contribution in [0.3, 0.4) is 0 Å². The fourth-order valence-corrected chi connectivity index (χ4v) is 3.31. The molecule has 2 fully saturated rings. The highest BCUT2D eigenvalue weighted by molar-refractivity contribution is 5.90. The zero-order valence-electron chi connectivity index (χ0n) is 10.5. The summed E-state index contributed by atoms with van der Waals surface area (Å²) in [4.78, 5) is 14.5. The first kappa shape index (κ1) is 10.3. The number of hydrogen-bond acceptors (Lipinski definition) is 4. The van der Waals surface area contributed by atoms with Crippen LogP contribution in [0.1, 0.15) is 18.4 Å². The Morgan fingerprint density at radius 1 is 1.22 bits per heavy atom. The quantitative estimate of drug-likeness (QED) is 0.790. The van der Waals surface area contributed by atoms with Crippen LogP contribution in [0.5, 0.6) is 0 Å². The van der Waals surface area contributed by atoms with E-state index in [-0.39, 0.29) is 0 Å². The molecule has 2 aliphatic heterocycles. The molecular formula is C13H17N5. The number of aromatic amines is 1. The number of nitrogens with zero attached hydrogens (tertiary/aromatic N) is 3. The van der Waals surface area contributed by atoms with Gasteiger partial charge in [-0.2, -0.15) is 0 Å². The normalized spacial score (nSPS) is 27.1. The predicted molar refractivity (Wildman–Crippen MR) is 70.8 cm³/mol. The van der Waals surface area contributed by atoms with Crippen molar-refractivity contribution in [2.45, 2.75) is 31.8 Å². The van der Waals surface area contributed by atoms with E-state index >= 15 is 0 Å². The Morgan fingerprint density at radius 2 is 2.00 bits per heavy atom. The van der Waals surface area contributed by atoms with Gasteiger partial charge in [0.1, 0.15) is 17.8 Å². The van der Waals surface area contributed by atoms with E-state index in [0.29, 0.717) is 12.1 Å². The monoisotopic (exact) mass is 243 g/mol. The molecule has 0 radical (unpaired) electrons. The van der Waals surface area contributed by atoms with Crippen LogP contribution in [0.4, 0.5) is 5.82 Å². The Labute approximate surface area is 106 Å². The molecule has 2 aromatic heterocycles. The average molecular weight is 243 g/mol. The second kappa shape index (κ2) is 3.68. The van der Waals surface area contributed by atoms with Gasteiger partial charge in [-0.3, -0.25) is 0 Å². The van der Waals surface area contributed by atoms with E-state index < -0.39 is 0 Å². The van der Waals surface area contributed by atoms with Crippen molar-refractivity contribution in [3.63, 3.8) is 0 Å². The van der Waals surface area contributed by atoms with Gasteiger partial charge in [-0.15, -0.1) is 0 Å². The third-order valence-electron chi connectivity index (χ3n) is 4.16. The van der Waals surface area contributed by atoms with Gasteiger partial charge in [0, 0.05) is 31.4 Å². The molecule has 2 saturated heterocycles. The van der Waals surface area contributed by atoms with Crippen molar-refractivity contribution in [2.75, 3.05) is 18.0 Å². The summed E-state index contributed by atoms with van der Waals surface area (Å²) in [6, 6.07) is 1.26. The largest absolute Gasteiger partial charge is 0.353 e. The third kappa shape index (κ3) is 1.43. The lowest BCUT2D eigenvalue weighted by atomic mass is 10.2. The summed E-state index contributed by atoms with van der Waals surface area (Å²) in [6.07, 6.45) is 6.26. The van der Waals surface area contributed by atoms with Crippen molar-refractivity contribution in [3.05, 3.63) is 18.1 Å². The number of fused-ring (bicyclic) bond motifs is 3. The number of rotatable bonds is 1. The van der Waals surface area contributed by atoms with Crippen LogP contribution in [0.15, 0.2) is 12.5 Å². The topological polar surface area (TPSA) is 56.8 Å². The summed E-state index contributed by atoms with van der Waals surface area (Å²) < 4.78 is 0. The van der Waals surface area contributed by atoms with Crippen molar-refractivity contribution >= 4 is 16.9 Å². The average Bonchev–Trinajstić information content (AvgIpc) is 2.93. The molecular weight excluding hydrogens is 226 g/mol. The van der Waals surface area contributed by atoms with E-state index in [9.17, 15) is 0 Å². The number of nitrogens with one attached hydrogen (secondary N) is 2. The van der Waals surface area contributed by atoms with Crippen molar-refractivity contribution in [2.24, 2.45) is 0 Å². The number of anilines is 1. The summed E-state index contributed by atoms with van der Waals surface area (Å²) in [7, 11) is 0. The first-order valence-corrected chi connectivity index (χ1v) is 6.61. The van der Waals surface area contributed by atoms with E-state index in [0.717, 1.165) is 24.6 Å². The molecule has 94 valence electrons. The minimum Gasteiger partial charge on any atom is -0.353 e. The molecule has 5 heteroatoms. The molecule has 2 aliphatic rings. The predicted octanol–water partition coefficient (Wildman–Crippen LogP) is 1.21. The van der Waals surface area contributed by atoms with Crippen LogP contribution in [0, 0.1) is 6.92 Å². The SMILES string of the molecule is Cc1c[nH]c2ncnc(N3CC4CCC(C3)N4)c12. The zero-order valence-corrected chi connectivity index (χ0v) is 10.5. The molecule has 2 N–H and O–H groups in total. The first-order valence-electron chi connectivity index (χ1n) is 6.61. The van der Waals surface area contributed by atoms with Crippen molar-refractivity contribution < 1.29 is 0 Å². The molecule has 0 aromatic carbocycles. The standard InChI is InChI=1S/C13H17N5/c1-8-4-14-12-11(8)13(16-7-15-12)18-5-9-2-3-10(6-18)17-9/h4,7,9-10,17H,2-3,5-6H2,1H3,(H,14,15,16). The van der Waals surface area contributed by atoms with Crippen molar-refractivity contribution in [1.82, 2.24) is 20.3 Å². The molecule has 18 heavy (non-hydrogen) atoms.